The molecule has 0 aromatic heterocycles. The number of rotatable bonds is 6. The number of aliphatic imine (C=N–C) groups is 1. The molecule has 0 spiro atoms. The maximum atomic E-state index is 4.47. The van der Waals surface area contributed by atoms with Crippen molar-refractivity contribution in [1.82, 2.24) is 15.1 Å². The maximum absolute atomic E-state index is 4.47. The van der Waals surface area contributed by atoms with Crippen LogP contribution in [0.1, 0.15) is 39.0 Å². The number of guanidine groups is 1. The van der Waals surface area contributed by atoms with Crippen molar-refractivity contribution in [3.8, 4) is 0 Å². The molecule has 2 aliphatic rings. The monoisotopic (exact) mass is 440 g/mol. The minimum absolute atomic E-state index is 0. The van der Waals surface area contributed by atoms with Crippen LogP contribution in [0, 0.1) is 0 Å². The zero-order valence-corrected chi connectivity index (χ0v) is 17.4. The standard InChI is InChI=1S/C16H32N4S.HI/c1-3-15-14-20(12-13-21-15)16(17-2)18-8-4-5-9-19-10-6-7-11-19;/h15H,3-14H2,1-2H3,(H,17,18);1H. The lowest BCUT2D eigenvalue weighted by atomic mass is 10.3. The first-order valence-corrected chi connectivity index (χ1v) is 9.68. The molecule has 0 aromatic rings. The number of hydrogen-bond donors (Lipinski definition) is 1. The molecule has 2 saturated heterocycles. The topological polar surface area (TPSA) is 30.9 Å². The van der Waals surface area contributed by atoms with E-state index in [1.165, 1.54) is 57.5 Å². The highest BCUT2D eigenvalue weighted by atomic mass is 127. The lowest BCUT2D eigenvalue weighted by Crippen LogP contribution is -2.48. The van der Waals surface area contributed by atoms with Crippen LogP contribution in [0.2, 0.25) is 0 Å². The Morgan fingerprint density at radius 3 is 2.68 bits per heavy atom. The third kappa shape index (κ3) is 6.83. The number of nitrogens with zero attached hydrogens (tertiary/aromatic N) is 3. The number of likely N-dealkylation sites (tertiary alicyclic amines) is 1. The predicted octanol–water partition coefficient (Wildman–Crippen LogP) is 2.88. The van der Waals surface area contributed by atoms with Gasteiger partial charge in [0, 0.05) is 37.7 Å². The SMILES string of the molecule is CCC1CN(C(=NC)NCCCCN2CCCC2)CCS1.I. The van der Waals surface area contributed by atoms with Crippen LogP contribution in [0.4, 0.5) is 0 Å². The molecular weight excluding hydrogens is 407 g/mol. The zero-order valence-electron chi connectivity index (χ0n) is 14.2. The minimum atomic E-state index is 0. The first-order chi connectivity index (χ1) is 10.3. The van der Waals surface area contributed by atoms with Crippen molar-refractivity contribution < 1.29 is 0 Å². The average molecular weight is 440 g/mol. The van der Waals surface area contributed by atoms with Crippen LogP contribution < -0.4 is 5.32 Å². The first kappa shape index (κ1) is 20.4. The Labute approximate surface area is 157 Å². The number of thioether (sulfide) groups is 1. The van der Waals surface area contributed by atoms with Gasteiger partial charge < -0.3 is 15.1 Å². The molecule has 2 fully saturated rings. The van der Waals surface area contributed by atoms with E-state index in [4.69, 9.17) is 0 Å². The largest absolute Gasteiger partial charge is 0.356 e. The minimum Gasteiger partial charge on any atom is -0.356 e. The summed E-state index contributed by atoms with van der Waals surface area (Å²) in [5.74, 6) is 2.34. The molecule has 4 nitrogen and oxygen atoms in total. The van der Waals surface area contributed by atoms with Gasteiger partial charge in [-0.25, -0.2) is 0 Å². The van der Waals surface area contributed by atoms with Crippen molar-refractivity contribution in [1.29, 1.82) is 0 Å². The Hall–Kier alpha value is 0.310. The van der Waals surface area contributed by atoms with E-state index in [2.05, 4.69) is 38.8 Å². The number of unbranched alkanes of at least 4 members (excludes halogenated alkanes) is 1. The van der Waals surface area contributed by atoms with E-state index in [-0.39, 0.29) is 24.0 Å². The lowest BCUT2D eigenvalue weighted by Gasteiger charge is -2.34. The molecule has 0 aromatic carbocycles. The molecule has 130 valence electrons. The van der Waals surface area contributed by atoms with E-state index in [1.807, 2.05) is 7.05 Å². The predicted molar refractivity (Wildman–Crippen MR) is 110 cm³/mol. The van der Waals surface area contributed by atoms with Gasteiger partial charge in [-0.2, -0.15) is 11.8 Å². The summed E-state index contributed by atoms with van der Waals surface area (Å²) in [5, 5.41) is 4.33. The van der Waals surface area contributed by atoms with Crippen LogP contribution in [-0.2, 0) is 0 Å². The highest BCUT2D eigenvalue weighted by Gasteiger charge is 2.21. The molecule has 1 atom stereocenters. The van der Waals surface area contributed by atoms with Crippen molar-refractivity contribution in [2.24, 2.45) is 4.99 Å². The van der Waals surface area contributed by atoms with Gasteiger partial charge in [-0.05, 0) is 51.7 Å². The van der Waals surface area contributed by atoms with Crippen LogP contribution >= 0.6 is 35.7 Å². The van der Waals surface area contributed by atoms with Crippen molar-refractivity contribution in [3.63, 3.8) is 0 Å². The third-order valence-electron chi connectivity index (χ3n) is 4.49. The van der Waals surface area contributed by atoms with Gasteiger partial charge in [0.25, 0.3) is 0 Å². The summed E-state index contributed by atoms with van der Waals surface area (Å²) in [7, 11) is 1.91. The summed E-state index contributed by atoms with van der Waals surface area (Å²) >= 11 is 2.11. The molecule has 1 N–H and O–H groups in total. The van der Waals surface area contributed by atoms with Crippen LogP contribution in [0.25, 0.3) is 0 Å². The molecule has 0 aliphatic carbocycles. The molecule has 0 amide bonds. The Bertz CT molecular complexity index is 321. The summed E-state index contributed by atoms with van der Waals surface area (Å²) in [6.07, 6.45) is 6.60. The fraction of sp³-hybridized carbons (Fsp3) is 0.938. The second-order valence-corrected chi connectivity index (χ2v) is 7.49. The maximum Gasteiger partial charge on any atom is 0.193 e. The van der Waals surface area contributed by atoms with Crippen molar-refractivity contribution >= 4 is 41.7 Å². The van der Waals surface area contributed by atoms with Gasteiger partial charge in [-0.3, -0.25) is 4.99 Å². The van der Waals surface area contributed by atoms with Crippen LogP contribution in [0.5, 0.6) is 0 Å². The molecule has 22 heavy (non-hydrogen) atoms. The van der Waals surface area contributed by atoms with Gasteiger partial charge in [0.2, 0.25) is 0 Å². The van der Waals surface area contributed by atoms with Gasteiger partial charge >= 0.3 is 0 Å². The van der Waals surface area contributed by atoms with E-state index in [9.17, 15) is 0 Å². The van der Waals surface area contributed by atoms with E-state index in [0.717, 1.165) is 30.8 Å². The van der Waals surface area contributed by atoms with Gasteiger partial charge in [0.05, 0.1) is 0 Å². The molecular formula is C16H33IN4S. The molecule has 6 heteroatoms. The normalized spacial score (nSPS) is 23.5. The summed E-state index contributed by atoms with van der Waals surface area (Å²) in [6, 6.07) is 0. The van der Waals surface area contributed by atoms with E-state index < -0.39 is 0 Å². The van der Waals surface area contributed by atoms with Crippen LogP contribution in [0.15, 0.2) is 4.99 Å². The summed E-state index contributed by atoms with van der Waals surface area (Å²) in [5.41, 5.74) is 0. The van der Waals surface area contributed by atoms with Crippen molar-refractivity contribution in [2.75, 3.05) is 52.1 Å². The van der Waals surface area contributed by atoms with Crippen LogP contribution in [0.3, 0.4) is 0 Å². The van der Waals surface area contributed by atoms with Gasteiger partial charge in [0.1, 0.15) is 0 Å². The second-order valence-electron chi connectivity index (χ2n) is 6.08. The summed E-state index contributed by atoms with van der Waals surface area (Å²) in [6.45, 7) is 9.54. The molecule has 2 heterocycles. The number of hydrogen-bond acceptors (Lipinski definition) is 3. The highest BCUT2D eigenvalue weighted by molar-refractivity contribution is 14.0. The smallest absolute Gasteiger partial charge is 0.193 e. The summed E-state index contributed by atoms with van der Waals surface area (Å²) in [4.78, 5) is 9.50. The van der Waals surface area contributed by atoms with Gasteiger partial charge in [-0.15, -0.1) is 24.0 Å². The average Bonchev–Trinajstić information content (AvgIpc) is 3.04. The van der Waals surface area contributed by atoms with Gasteiger partial charge in [-0.1, -0.05) is 6.92 Å². The van der Waals surface area contributed by atoms with Gasteiger partial charge in [0.15, 0.2) is 5.96 Å². The van der Waals surface area contributed by atoms with Crippen molar-refractivity contribution in [3.05, 3.63) is 0 Å². The van der Waals surface area contributed by atoms with E-state index in [1.54, 1.807) is 0 Å². The van der Waals surface area contributed by atoms with E-state index in [0.29, 0.717) is 0 Å². The number of nitrogens with one attached hydrogen (secondary N) is 1. The lowest BCUT2D eigenvalue weighted by molar-refractivity contribution is 0.329. The Balaban J connectivity index is 0.00000242. The van der Waals surface area contributed by atoms with E-state index >= 15 is 0 Å². The quantitative estimate of drug-likeness (QED) is 0.298. The van der Waals surface area contributed by atoms with Crippen LogP contribution in [-0.4, -0.2) is 73.1 Å². The Morgan fingerprint density at radius 1 is 1.23 bits per heavy atom. The van der Waals surface area contributed by atoms with Crippen molar-refractivity contribution in [2.45, 2.75) is 44.3 Å². The molecule has 0 radical (unpaired) electrons. The number of halogens is 1. The first-order valence-electron chi connectivity index (χ1n) is 8.63. The zero-order chi connectivity index (χ0) is 14.9. The highest BCUT2D eigenvalue weighted by Crippen LogP contribution is 2.20. The molecule has 2 aliphatic heterocycles. The summed E-state index contributed by atoms with van der Waals surface area (Å²) < 4.78 is 0. The molecule has 0 saturated carbocycles. The fourth-order valence-electron chi connectivity index (χ4n) is 3.16. The molecule has 1 unspecified atom stereocenters. The second kappa shape index (κ2) is 11.8. The fourth-order valence-corrected chi connectivity index (χ4v) is 4.34. The Kier molecular flexibility index (Phi) is 10.9. The third-order valence-corrected chi connectivity index (χ3v) is 5.86. The Morgan fingerprint density at radius 2 is 2.00 bits per heavy atom. The molecule has 2 rings (SSSR count). The molecule has 0 bridgehead atoms.